The van der Waals surface area contributed by atoms with Crippen molar-refractivity contribution in [1.82, 2.24) is 4.98 Å². The third-order valence-electron chi connectivity index (χ3n) is 5.29. The van der Waals surface area contributed by atoms with E-state index >= 15 is 0 Å². The molecule has 0 bridgehead atoms. The first-order valence-electron chi connectivity index (χ1n) is 8.85. The quantitative estimate of drug-likeness (QED) is 0.863. The molecule has 5 nitrogen and oxygen atoms in total. The van der Waals surface area contributed by atoms with E-state index in [0.29, 0.717) is 37.2 Å². The fourth-order valence-electron chi connectivity index (χ4n) is 3.87. The van der Waals surface area contributed by atoms with Crippen LogP contribution in [0.5, 0.6) is 0 Å². The van der Waals surface area contributed by atoms with Gasteiger partial charge in [0.25, 0.3) is 0 Å². The van der Waals surface area contributed by atoms with Crippen molar-refractivity contribution < 1.29 is 13.9 Å². The first-order valence-corrected chi connectivity index (χ1v) is 8.85. The van der Waals surface area contributed by atoms with E-state index in [0.717, 1.165) is 37.1 Å². The average molecular weight is 337 g/mol. The molecule has 0 aromatic carbocycles. The van der Waals surface area contributed by atoms with Crippen LogP contribution in [0, 0.1) is 0 Å². The van der Waals surface area contributed by atoms with Crippen LogP contribution in [0.4, 0.5) is 10.1 Å². The summed E-state index contributed by atoms with van der Waals surface area (Å²) in [6.45, 7) is 0.330. The summed E-state index contributed by atoms with van der Waals surface area (Å²) in [5, 5.41) is 0. The molecule has 3 atom stereocenters. The second-order valence-electron chi connectivity index (χ2n) is 7.11. The standard InChI is InChI=1S/C18H28FN3O2/c1-23-15-4-2-11(3-5-15)17-9-13(20)8-14(22-17)10-24-18-7-12(19)6-16(18)21/h8-9,11-12,15-16,18H,2-7,10,21H2,1H3,(H2,20,22)/t11?,12-,15?,16-,18-/m1/s1. The van der Waals surface area contributed by atoms with Crippen LogP contribution in [0.1, 0.15) is 55.8 Å². The third kappa shape index (κ3) is 4.23. The lowest BCUT2D eigenvalue weighted by atomic mass is 9.85. The molecule has 0 unspecified atom stereocenters. The Labute approximate surface area is 142 Å². The number of hydrogen-bond donors (Lipinski definition) is 2. The number of alkyl halides is 1. The SMILES string of the molecule is COC1CCC(c2cc(N)cc(CO[C@@H]3C[C@H](F)C[C@H]3N)n2)CC1. The van der Waals surface area contributed by atoms with Gasteiger partial charge in [0, 0.05) is 36.9 Å². The lowest BCUT2D eigenvalue weighted by molar-refractivity contribution is 0.0305. The van der Waals surface area contributed by atoms with Gasteiger partial charge in [-0.05, 0) is 44.2 Å². The monoisotopic (exact) mass is 337 g/mol. The molecule has 2 aliphatic rings. The molecule has 0 spiro atoms. The zero-order valence-electron chi connectivity index (χ0n) is 14.3. The number of rotatable bonds is 5. The molecule has 4 N–H and O–H groups in total. The van der Waals surface area contributed by atoms with E-state index in [1.807, 2.05) is 12.1 Å². The molecule has 6 heteroatoms. The van der Waals surface area contributed by atoms with Crippen molar-refractivity contribution in [2.24, 2.45) is 5.73 Å². The number of aromatic nitrogens is 1. The van der Waals surface area contributed by atoms with Crippen LogP contribution in [-0.2, 0) is 16.1 Å². The zero-order chi connectivity index (χ0) is 17.1. The van der Waals surface area contributed by atoms with E-state index in [2.05, 4.69) is 0 Å². The Kier molecular flexibility index (Phi) is 5.69. The van der Waals surface area contributed by atoms with Crippen molar-refractivity contribution in [2.75, 3.05) is 12.8 Å². The lowest BCUT2D eigenvalue weighted by Gasteiger charge is -2.27. The van der Waals surface area contributed by atoms with Gasteiger partial charge in [-0.2, -0.15) is 0 Å². The van der Waals surface area contributed by atoms with Gasteiger partial charge in [0.1, 0.15) is 6.17 Å². The number of nitrogens with zero attached hydrogens (tertiary/aromatic N) is 1. The molecule has 134 valence electrons. The van der Waals surface area contributed by atoms with Gasteiger partial charge in [0.05, 0.1) is 24.5 Å². The van der Waals surface area contributed by atoms with Crippen LogP contribution in [0.25, 0.3) is 0 Å². The highest BCUT2D eigenvalue weighted by molar-refractivity contribution is 5.41. The molecule has 1 aromatic rings. The number of pyridine rings is 1. The Morgan fingerprint density at radius 1 is 1.21 bits per heavy atom. The first kappa shape index (κ1) is 17.6. The molecule has 0 amide bonds. The number of anilines is 1. The van der Waals surface area contributed by atoms with Crippen LogP contribution in [-0.4, -0.2) is 36.5 Å². The maximum absolute atomic E-state index is 13.4. The molecule has 2 saturated carbocycles. The van der Waals surface area contributed by atoms with E-state index < -0.39 is 6.17 Å². The van der Waals surface area contributed by atoms with Crippen molar-refractivity contribution in [3.63, 3.8) is 0 Å². The number of nitrogens with two attached hydrogens (primary N) is 2. The summed E-state index contributed by atoms with van der Waals surface area (Å²) in [5.74, 6) is 0.419. The summed E-state index contributed by atoms with van der Waals surface area (Å²) >= 11 is 0. The Bertz CT molecular complexity index is 549. The summed E-state index contributed by atoms with van der Waals surface area (Å²) in [7, 11) is 1.77. The molecule has 24 heavy (non-hydrogen) atoms. The van der Waals surface area contributed by atoms with Crippen LogP contribution >= 0.6 is 0 Å². The first-order chi connectivity index (χ1) is 11.5. The molecular formula is C18H28FN3O2. The minimum Gasteiger partial charge on any atom is -0.399 e. The van der Waals surface area contributed by atoms with Crippen LogP contribution < -0.4 is 11.5 Å². The lowest BCUT2D eigenvalue weighted by Crippen LogP contribution is -2.31. The molecular weight excluding hydrogens is 309 g/mol. The summed E-state index contributed by atoms with van der Waals surface area (Å²) < 4.78 is 24.6. The Balaban J connectivity index is 1.61. The number of hydrogen-bond acceptors (Lipinski definition) is 5. The van der Waals surface area contributed by atoms with Gasteiger partial charge in [-0.25, -0.2) is 4.39 Å². The Hall–Kier alpha value is -1.24. The van der Waals surface area contributed by atoms with Gasteiger partial charge >= 0.3 is 0 Å². The molecule has 1 heterocycles. The van der Waals surface area contributed by atoms with Gasteiger partial charge < -0.3 is 20.9 Å². The van der Waals surface area contributed by atoms with Crippen molar-refractivity contribution >= 4 is 5.69 Å². The van der Waals surface area contributed by atoms with E-state index in [-0.39, 0.29) is 12.1 Å². The van der Waals surface area contributed by atoms with Crippen molar-refractivity contribution in [3.8, 4) is 0 Å². The van der Waals surface area contributed by atoms with E-state index in [4.69, 9.17) is 25.9 Å². The van der Waals surface area contributed by atoms with Gasteiger partial charge in [-0.3, -0.25) is 4.98 Å². The maximum atomic E-state index is 13.4. The van der Waals surface area contributed by atoms with E-state index in [9.17, 15) is 4.39 Å². The third-order valence-corrected chi connectivity index (χ3v) is 5.29. The Morgan fingerprint density at radius 3 is 2.58 bits per heavy atom. The van der Waals surface area contributed by atoms with Crippen LogP contribution in [0.15, 0.2) is 12.1 Å². The van der Waals surface area contributed by atoms with E-state index in [1.165, 1.54) is 0 Å². The molecule has 2 fully saturated rings. The summed E-state index contributed by atoms with van der Waals surface area (Å²) in [5.41, 5.74) is 14.5. The smallest absolute Gasteiger partial charge is 0.104 e. The predicted molar refractivity (Wildman–Crippen MR) is 91.3 cm³/mol. The minimum absolute atomic E-state index is 0.232. The summed E-state index contributed by atoms with van der Waals surface area (Å²) in [6.07, 6.45) is 4.26. The van der Waals surface area contributed by atoms with Crippen molar-refractivity contribution in [2.45, 2.75) is 75.5 Å². The molecule has 0 radical (unpaired) electrons. The number of methoxy groups -OCH3 is 1. The number of ether oxygens (including phenoxy) is 2. The fraction of sp³-hybridized carbons (Fsp3) is 0.722. The predicted octanol–water partition coefficient (Wildman–Crippen LogP) is 2.68. The fourth-order valence-corrected chi connectivity index (χ4v) is 3.87. The van der Waals surface area contributed by atoms with Crippen LogP contribution in [0.3, 0.4) is 0 Å². The van der Waals surface area contributed by atoms with Gasteiger partial charge in [-0.15, -0.1) is 0 Å². The largest absolute Gasteiger partial charge is 0.399 e. The van der Waals surface area contributed by atoms with E-state index in [1.54, 1.807) is 7.11 Å². The van der Waals surface area contributed by atoms with Crippen molar-refractivity contribution in [1.29, 1.82) is 0 Å². The molecule has 3 rings (SSSR count). The van der Waals surface area contributed by atoms with Crippen LogP contribution in [0.2, 0.25) is 0 Å². The van der Waals surface area contributed by atoms with Gasteiger partial charge in [-0.1, -0.05) is 0 Å². The number of nitrogen functional groups attached to an aromatic ring is 1. The minimum atomic E-state index is -0.856. The molecule has 2 aliphatic carbocycles. The molecule has 0 aliphatic heterocycles. The number of halogens is 1. The van der Waals surface area contributed by atoms with Crippen molar-refractivity contribution in [3.05, 3.63) is 23.5 Å². The highest BCUT2D eigenvalue weighted by Gasteiger charge is 2.32. The second-order valence-corrected chi connectivity index (χ2v) is 7.11. The summed E-state index contributed by atoms with van der Waals surface area (Å²) in [4.78, 5) is 4.73. The van der Waals surface area contributed by atoms with Gasteiger partial charge in [0.2, 0.25) is 0 Å². The Morgan fingerprint density at radius 2 is 1.96 bits per heavy atom. The molecule has 1 aromatic heterocycles. The highest BCUT2D eigenvalue weighted by Crippen LogP contribution is 2.34. The molecule has 0 saturated heterocycles. The maximum Gasteiger partial charge on any atom is 0.104 e. The summed E-state index contributed by atoms with van der Waals surface area (Å²) in [6, 6.07) is 3.56. The topological polar surface area (TPSA) is 83.4 Å². The average Bonchev–Trinajstić information content (AvgIpc) is 2.90. The highest BCUT2D eigenvalue weighted by atomic mass is 19.1. The normalized spacial score (nSPS) is 33.7. The second kappa shape index (κ2) is 7.76. The van der Waals surface area contributed by atoms with Gasteiger partial charge in [0.15, 0.2) is 0 Å². The zero-order valence-corrected chi connectivity index (χ0v) is 14.3.